The van der Waals surface area contributed by atoms with E-state index in [2.05, 4.69) is 0 Å². The Labute approximate surface area is 147 Å². The Kier molecular flexibility index (Phi) is 4.97. The van der Waals surface area contributed by atoms with E-state index < -0.39 is 12.1 Å². The maximum absolute atomic E-state index is 12.5. The number of carbonyl (C=O) groups is 2. The number of nitrogens with zero attached hydrogens (tertiary/aromatic N) is 2. The van der Waals surface area contributed by atoms with Gasteiger partial charge >= 0.3 is 5.97 Å². The fraction of sp³-hybridized carbons (Fsp3) is 0.474. The highest BCUT2D eigenvalue weighted by molar-refractivity contribution is 5.93. The summed E-state index contributed by atoms with van der Waals surface area (Å²) < 4.78 is 12.8. The molecule has 2 aromatic rings. The number of esters is 1. The Morgan fingerprint density at radius 2 is 2.00 bits per heavy atom. The molecule has 1 aliphatic rings. The average molecular weight is 344 g/mol. The fourth-order valence-corrected chi connectivity index (χ4v) is 3.28. The highest BCUT2D eigenvalue weighted by atomic mass is 16.5. The van der Waals surface area contributed by atoms with Crippen molar-refractivity contribution in [3.63, 3.8) is 0 Å². The molecule has 0 N–H and O–H groups in total. The molecule has 6 nitrogen and oxygen atoms in total. The van der Waals surface area contributed by atoms with Crippen LogP contribution in [-0.2, 0) is 16.1 Å². The van der Waals surface area contributed by atoms with Crippen molar-refractivity contribution in [2.75, 3.05) is 13.1 Å². The summed E-state index contributed by atoms with van der Waals surface area (Å²) in [6.45, 7) is 7.50. The van der Waals surface area contributed by atoms with Gasteiger partial charge in [0.2, 0.25) is 0 Å². The van der Waals surface area contributed by atoms with Gasteiger partial charge in [0.15, 0.2) is 6.10 Å². The number of likely N-dealkylation sites (tertiary alicyclic amines) is 1. The predicted octanol–water partition coefficient (Wildman–Crippen LogP) is 2.91. The summed E-state index contributed by atoms with van der Waals surface area (Å²) in [5.41, 5.74) is 2.24. The highest BCUT2D eigenvalue weighted by Gasteiger charge is 2.27. The first-order valence-electron chi connectivity index (χ1n) is 8.66. The van der Waals surface area contributed by atoms with Crippen molar-refractivity contribution < 1.29 is 18.7 Å². The molecular formula is C19H24N2O4. The van der Waals surface area contributed by atoms with Crippen LogP contribution in [0.25, 0.3) is 0 Å². The number of amides is 1. The molecule has 0 radical (unpaired) electrons. The minimum absolute atomic E-state index is 0.116. The van der Waals surface area contributed by atoms with Crippen molar-refractivity contribution in [2.24, 2.45) is 0 Å². The number of furan rings is 1. The van der Waals surface area contributed by atoms with E-state index in [0.29, 0.717) is 12.1 Å². The monoisotopic (exact) mass is 344 g/mol. The number of ether oxygens (including phenoxy) is 1. The number of hydrogen-bond acceptors (Lipinski definition) is 4. The second kappa shape index (κ2) is 7.17. The summed E-state index contributed by atoms with van der Waals surface area (Å²) in [4.78, 5) is 26.6. The van der Waals surface area contributed by atoms with E-state index in [0.717, 1.165) is 43.1 Å². The van der Waals surface area contributed by atoms with Crippen LogP contribution in [0.2, 0.25) is 0 Å². The van der Waals surface area contributed by atoms with E-state index in [1.807, 2.05) is 30.5 Å². The average Bonchev–Trinajstić information content (AvgIpc) is 3.32. The maximum Gasteiger partial charge on any atom is 0.340 e. The van der Waals surface area contributed by atoms with E-state index >= 15 is 0 Å². The van der Waals surface area contributed by atoms with Crippen LogP contribution in [-0.4, -0.2) is 40.5 Å². The topological polar surface area (TPSA) is 64.7 Å². The molecule has 1 saturated heterocycles. The third kappa shape index (κ3) is 3.62. The molecule has 0 aliphatic carbocycles. The predicted molar refractivity (Wildman–Crippen MR) is 92.4 cm³/mol. The molecule has 0 bridgehead atoms. The quantitative estimate of drug-likeness (QED) is 0.782. The number of aryl methyl sites for hydroxylation is 1. The van der Waals surface area contributed by atoms with Gasteiger partial charge in [-0.2, -0.15) is 0 Å². The molecule has 0 saturated carbocycles. The van der Waals surface area contributed by atoms with E-state index in [1.54, 1.807) is 24.2 Å². The van der Waals surface area contributed by atoms with Gasteiger partial charge < -0.3 is 18.6 Å². The summed E-state index contributed by atoms with van der Waals surface area (Å²) in [6, 6.07) is 5.53. The van der Waals surface area contributed by atoms with Gasteiger partial charge in [-0.25, -0.2) is 4.79 Å². The molecule has 2 aromatic heterocycles. The van der Waals surface area contributed by atoms with Gasteiger partial charge in [-0.05, 0) is 51.8 Å². The van der Waals surface area contributed by atoms with E-state index in [-0.39, 0.29) is 5.91 Å². The number of rotatable bonds is 5. The van der Waals surface area contributed by atoms with Gasteiger partial charge in [0.1, 0.15) is 5.76 Å². The first-order valence-corrected chi connectivity index (χ1v) is 8.66. The molecule has 134 valence electrons. The zero-order chi connectivity index (χ0) is 18.0. The van der Waals surface area contributed by atoms with Crippen molar-refractivity contribution in [3.05, 3.63) is 47.2 Å². The van der Waals surface area contributed by atoms with Crippen molar-refractivity contribution >= 4 is 11.9 Å². The zero-order valence-electron chi connectivity index (χ0n) is 14.9. The van der Waals surface area contributed by atoms with Gasteiger partial charge in [0.05, 0.1) is 18.4 Å². The first kappa shape index (κ1) is 17.3. The summed E-state index contributed by atoms with van der Waals surface area (Å²) in [6.07, 6.45) is 2.89. The molecule has 6 heteroatoms. The molecule has 0 spiro atoms. The molecule has 3 heterocycles. The van der Waals surface area contributed by atoms with Gasteiger partial charge in [-0.1, -0.05) is 0 Å². The first-order chi connectivity index (χ1) is 12.0. The molecule has 1 atom stereocenters. The molecule has 25 heavy (non-hydrogen) atoms. The Bertz CT molecular complexity index is 755. The van der Waals surface area contributed by atoms with Gasteiger partial charge in [-0.3, -0.25) is 4.79 Å². The zero-order valence-corrected chi connectivity index (χ0v) is 14.9. The molecular weight excluding hydrogens is 320 g/mol. The van der Waals surface area contributed by atoms with Crippen LogP contribution in [0.15, 0.2) is 28.9 Å². The molecule has 1 aliphatic heterocycles. The second-order valence-electron chi connectivity index (χ2n) is 6.53. The van der Waals surface area contributed by atoms with Crippen LogP contribution in [0, 0.1) is 13.8 Å². The van der Waals surface area contributed by atoms with E-state index in [1.165, 1.54) is 0 Å². The van der Waals surface area contributed by atoms with Gasteiger partial charge in [0.25, 0.3) is 5.91 Å². The molecule has 1 fully saturated rings. The Morgan fingerprint density at radius 1 is 1.28 bits per heavy atom. The minimum Gasteiger partial charge on any atom is -0.467 e. The van der Waals surface area contributed by atoms with Crippen molar-refractivity contribution in [1.29, 1.82) is 0 Å². The molecule has 3 rings (SSSR count). The second-order valence-corrected chi connectivity index (χ2v) is 6.53. The third-order valence-electron chi connectivity index (χ3n) is 4.74. The summed E-state index contributed by atoms with van der Waals surface area (Å²) in [7, 11) is 0. The maximum atomic E-state index is 12.5. The van der Waals surface area contributed by atoms with Crippen LogP contribution in [0.1, 0.15) is 47.3 Å². The third-order valence-corrected chi connectivity index (χ3v) is 4.74. The lowest BCUT2D eigenvalue weighted by molar-refractivity contribution is -0.138. The van der Waals surface area contributed by atoms with Gasteiger partial charge in [0, 0.05) is 24.5 Å². The standard InChI is InChI=1S/C19H24N2O4/c1-13-11-17(14(2)21(13)12-16-7-6-10-24-16)19(23)25-15(3)18(22)20-8-4-5-9-20/h6-7,10-11,15H,4-5,8-9,12H2,1-3H3. The largest absolute Gasteiger partial charge is 0.467 e. The van der Waals surface area contributed by atoms with Crippen LogP contribution in [0.4, 0.5) is 0 Å². The summed E-state index contributed by atoms with van der Waals surface area (Å²) in [5, 5.41) is 0. The van der Waals surface area contributed by atoms with Gasteiger partial charge in [-0.15, -0.1) is 0 Å². The smallest absolute Gasteiger partial charge is 0.340 e. The Morgan fingerprint density at radius 3 is 2.64 bits per heavy atom. The molecule has 1 amide bonds. The Balaban J connectivity index is 1.70. The molecule has 0 aromatic carbocycles. The van der Waals surface area contributed by atoms with Crippen LogP contribution in [0.5, 0.6) is 0 Å². The highest BCUT2D eigenvalue weighted by Crippen LogP contribution is 2.19. The lowest BCUT2D eigenvalue weighted by Crippen LogP contribution is -2.38. The Hall–Kier alpha value is -2.50. The number of aromatic nitrogens is 1. The lowest BCUT2D eigenvalue weighted by atomic mass is 10.2. The van der Waals surface area contributed by atoms with Crippen molar-refractivity contribution in [2.45, 2.75) is 46.3 Å². The van der Waals surface area contributed by atoms with Crippen molar-refractivity contribution in [1.82, 2.24) is 9.47 Å². The van der Waals surface area contributed by atoms with Crippen LogP contribution in [0.3, 0.4) is 0 Å². The SMILES string of the molecule is Cc1cc(C(=O)OC(C)C(=O)N2CCCC2)c(C)n1Cc1ccco1. The van der Waals surface area contributed by atoms with E-state index in [9.17, 15) is 9.59 Å². The number of hydrogen-bond donors (Lipinski definition) is 0. The lowest BCUT2D eigenvalue weighted by Gasteiger charge is -2.20. The normalized spacial score (nSPS) is 15.4. The number of carbonyl (C=O) groups excluding carboxylic acids is 2. The van der Waals surface area contributed by atoms with Crippen molar-refractivity contribution in [3.8, 4) is 0 Å². The fourth-order valence-electron chi connectivity index (χ4n) is 3.28. The van der Waals surface area contributed by atoms with Crippen LogP contribution < -0.4 is 0 Å². The van der Waals surface area contributed by atoms with Crippen LogP contribution >= 0.6 is 0 Å². The minimum atomic E-state index is -0.765. The summed E-state index contributed by atoms with van der Waals surface area (Å²) in [5.74, 6) is 0.244. The van der Waals surface area contributed by atoms with E-state index in [4.69, 9.17) is 9.15 Å². The molecule has 1 unspecified atom stereocenters. The summed E-state index contributed by atoms with van der Waals surface area (Å²) >= 11 is 0.